The van der Waals surface area contributed by atoms with Gasteiger partial charge in [0, 0.05) is 21.7 Å². The molecule has 1 aromatic heterocycles. The number of rotatable bonds is 3. The molecule has 0 N–H and O–H groups in total. The van der Waals surface area contributed by atoms with Crippen molar-refractivity contribution in [2.24, 2.45) is 0 Å². The number of hydrogen-bond donors (Lipinski definition) is 0. The summed E-state index contributed by atoms with van der Waals surface area (Å²) >= 11 is 7.54. The van der Waals surface area contributed by atoms with Crippen LogP contribution in [0.25, 0.3) is 20.8 Å². The summed E-state index contributed by atoms with van der Waals surface area (Å²) in [4.78, 5) is 17.8. The smallest absolute Gasteiger partial charge is 0.193 e. The van der Waals surface area contributed by atoms with Gasteiger partial charge in [0.25, 0.3) is 0 Å². The van der Waals surface area contributed by atoms with Crippen molar-refractivity contribution in [2.75, 3.05) is 0 Å². The van der Waals surface area contributed by atoms with Crippen molar-refractivity contribution in [3.63, 3.8) is 0 Å². The van der Waals surface area contributed by atoms with Gasteiger partial charge in [0.15, 0.2) is 5.78 Å². The summed E-state index contributed by atoms with van der Waals surface area (Å²) in [6.45, 7) is 1.99. The van der Waals surface area contributed by atoms with Gasteiger partial charge in [-0.1, -0.05) is 41.4 Å². The topological polar surface area (TPSA) is 30.0 Å². The molecule has 0 saturated heterocycles. The Morgan fingerprint density at radius 3 is 2.52 bits per heavy atom. The van der Waals surface area contributed by atoms with Crippen molar-refractivity contribution in [1.29, 1.82) is 0 Å². The monoisotopic (exact) mass is 363 g/mol. The zero-order valence-corrected chi connectivity index (χ0v) is 15.1. The Labute approximate surface area is 154 Å². The number of carbonyl (C=O) groups is 1. The first-order valence-electron chi connectivity index (χ1n) is 7.89. The van der Waals surface area contributed by atoms with E-state index in [1.165, 1.54) is 0 Å². The molecule has 0 unspecified atom stereocenters. The highest BCUT2D eigenvalue weighted by atomic mass is 35.5. The molecule has 4 heteroatoms. The summed E-state index contributed by atoms with van der Waals surface area (Å²) in [7, 11) is 0. The molecule has 122 valence electrons. The van der Waals surface area contributed by atoms with Crippen molar-refractivity contribution in [2.45, 2.75) is 6.92 Å². The van der Waals surface area contributed by atoms with Gasteiger partial charge in [-0.2, -0.15) is 0 Å². The average molecular weight is 364 g/mol. The van der Waals surface area contributed by atoms with Gasteiger partial charge in [-0.15, -0.1) is 11.3 Å². The lowest BCUT2D eigenvalue weighted by Gasteiger charge is -2.08. The Morgan fingerprint density at radius 2 is 1.76 bits per heavy atom. The summed E-state index contributed by atoms with van der Waals surface area (Å²) in [5, 5.41) is 1.48. The molecule has 4 aromatic rings. The zero-order valence-electron chi connectivity index (χ0n) is 13.5. The van der Waals surface area contributed by atoms with E-state index >= 15 is 0 Å². The molecule has 0 aliphatic carbocycles. The maximum absolute atomic E-state index is 13.1. The standard InChI is InChI=1S/C21H14ClNOS/c1-13-6-11-16(21-23-18-4-2-3-5-19(18)25-21)17(12-13)20(24)14-7-9-15(22)10-8-14/h2-12H,1H3. The molecule has 0 atom stereocenters. The minimum absolute atomic E-state index is 0.0189. The van der Waals surface area contributed by atoms with Gasteiger partial charge in [-0.25, -0.2) is 4.98 Å². The van der Waals surface area contributed by atoms with Crippen LogP contribution in [0.4, 0.5) is 0 Å². The van der Waals surface area contributed by atoms with Crippen LogP contribution in [-0.4, -0.2) is 10.8 Å². The molecule has 0 radical (unpaired) electrons. The van der Waals surface area contributed by atoms with E-state index in [0.717, 1.165) is 26.4 Å². The number of nitrogens with zero attached hydrogens (tertiary/aromatic N) is 1. The Balaban J connectivity index is 1.86. The van der Waals surface area contributed by atoms with Gasteiger partial charge in [0.1, 0.15) is 5.01 Å². The van der Waals surface area contributed by atoms with Crippen molar-refractivity contribution in [3.8, 4) is 10.6 Å². The van der Waals surface area contributed by atoms with Gasteiger partial charge in [0.05, 0.1) is 10.2 Å². The number of para-hydroxylation sites is 1. The molecule has 3 aromatic carbocycles. The van der Waals surface area contributed by atoms with E-state index in [9.17, 15) is 4.79 Å². The second-order valence-electron chi connectivity index (χ2n) is 5.87. The van der Waals surface area contributed by atoms with Crippen LogP contribution in [0.2, 0.25) is 5.02 Å². The first-order chi connectivity index (χ1) is 12.1. The summed E-state index contributed by atoms with van der Waals surface area (Å²) in [6.07, 6.45) is 0. The molecular weight excluding hydrogens is 350 g/mol. The van der Waals surface area contributed by atoms with Gasteiger partial charge < -0.3 is 0 Å². The number of aryl methyl sites for hydroxylation is 1. The highest BCUT2D eigenvalue weighted by Crippen LogP contribution is 2.33. The van der Waals surface area contributed by atoms with E-state index in [4.69, 9.17) is 16.6 Å². The summed E-state index contributed by atoms with van der Waals surface area (Å²) in [5.74, 6) is -0.0189. The third-order valence-corrected chi connectivity index (χ3v) is 5.37. The highest BCUT2D eigenvalue weighted by Gasteiger charge is 2.17. The van der Waals surface area contributed by atoms with E-state index in [1.807, 2.05) is 49.4 Å². The first kappa shape index (κ1) is 16.0. The quantitative estimate of drug-likeness (QED) is 0.408. The van der Waals surface area contributed by atoms with Gasteiger partial charge in [-0.3, -0.25) is 4.79 Å². The Morgan fingerprint density at radius 1 is 1.00 bits per heavy atom. The lowest BCUT2D eigenvalue weighted by Crippen LogP contribution is -2.04. The summed E-state index contributed by atoms with van der Waals surface area (Å²) < 4.78 is 1.11. The summed E-state index contributed by atoms with van der Waals surface area (Å²) in [6, 6.07) is 20.9. The number of hydrogen-bond acceptors (Lipinski definition) is 3. The van der Waals surface area contributed by atoms with Crippen molar-refractivity contribution < 1.29 is 4.79 Å². The SMILES string of the molecule is Cc1ccc(-c2nc3ccccc3s2)c(C(=O)c2ccc(Cl)cc2)c1. The predicted octanol–water partition coefficient (Wildman–Crippen LogP) is 6.16. The van der Waals surface area contributed by atoms with Crippen molar-refractivity contribution >= 4 is 38.9 Å². The third kappa shape index (κ3) is 3.09. The van der Waals surface area contributed by atoms with Gasteiger partial charge in [0.2, 0.25) is 0 Å². The fourth-order valence-corrected chi connectivity index (χ4v) is 3.91. The fourth-order valence-electron chi connectivity index (χ4n) is 2.78. The average Bonchev–Trinajstić information content (AvgIpc) is 3.05. The lowest BCUT2D eigenvalue weighted by molar-refractivity contribution is 0.103. The molecule has 0 aliphatic heterocycles. The third-order valence-electron chi connectivity index (χ3n) is 4.05. The van der Waals surface area contributed by atoms with E-state index in [2.05, 4.69) is 0 Å². The van der Waals surface area contributed by atoms with Crippen LogP contribution in [0.1, 0.15) is 21.5 Å². The molecule has 1 heterocycles. The predicted molar refractivity (Wildman–Crippen MR) is 105 cm³/mol. The Bertz CT molecular complexity index is 1050. The molecule has 0 amide bonds. The maximum atomic E-state index is 13.1. The van der Waals surface area contributed by atoms with E-state index < -0.39 is 0 Å². The Hall–Kier alpha value is -2.49. The second-order valence-corrected chi connectivity index (χ2v) is 7.34. The molecule has 0 aliphatic rings. The van der Waals surface area contributed by atoms with Crippen LogP contribution in [-0.2, 0) is 0 Å². The van der Waals surface area contributed by atoms with Crippen LogP contribution < -0.4 is 0 Å². The molecule has 0 spiro atoms. The number of aromatic nitrogens is 1. The molecule has 4 rings (SSSR count). The fraction of sp³-hybridized carbons (Fsp3) is 0.0476. The molecule has 2 nitrogen and oxygen atoms in total. The number of ketones is 1. The Kier molecular flexibility index (Phi) is 4.12. The number of benzene rings is 3. The molecule has 0 saturated carbocycles. The van der Waals surface area contributed by atoms with E-state index in [0.29, 0.717) is 16.1 Å². The van der Waals surface area contributed by atoms with Crippen molar-refractivity contribution in [3.05, 3.63) is 88.4 Å². The molecular formula is C21H14ClNOS. The minimum atomic E-state index is -0.0189. The summed E-state index contributed by atoms with van der Waals surface area (Å²) in [5.41, 5.74) is 4.15. The van der Waals surface area contributed by atoms with Gasteiger partial charge >= 0.3 is 0 Å². The van der Waals surface area contributed by atoms with E-state index in [-0.39, 0.29) is 5.78 Å². The second kappa shape index (κ2) is 6.43. The number of thiazole rings is 1. The van der Waals surface area contributed by atoms with Crippen LogP contribution >= 0.6 is 22.9 Å². The van der Waals surface area contributed by atoms with E-state index in [1.54, 1.807) is 35.6 Å². The molecule has 0 fully saturated rings. The van der Waals surface area contributed by atoms with Crippen LogP contribution in [0.3, 0.4) is 0 Å². The first-order valence-corrected chi connectivity index (χ1v) is 9.08. The van der Waals surface area contributed by atoms with Crippen LogP contribution in [0.15, 0.2) is 66.7 Å². The van der Waals surface area contributed by atoms with Gasteiger partial charge in [-0.05, 0) is 49.4 Å². The maximum Gasteiger partial charge on any atom is 0.193 e. The number of carbonyl (C=O) groups excluding carboxylic acids is 1. The number of fused-ring (bicyclic) bond motifs is 1. The van der Waals surface area contributed by atoms with Crippen LogP contribution in [0.5, 0.6) is 0 Å². The lowest BCUT2D eigenvalue weighted by atomic mass is 9.97. The number of halogens is 1. The zero-order chi connectivity index (χ0) is 17.4. The normalized spacial score (nSPS) is 11.0. The highest BCUT2D eigenvalue weighted by molar-refractivity contribution is 7.21. The largest absolute Gasteiger partial charge is 0.289 e. The van der Waals surface area contributed by atoms with Crippen molar-refractivity contribution in [1.82, 2.24) is 4.98 Å². The van der Waals surface area contributed by atoms with Crippen LogP contribution in [0, 0.1) is 6.92 Å². The molecule has 0 bridgehead atoms. The minimum Gasteiger partial charge on any atom is -0.289 e. The molecule has 25 heavy (non-hydrogen) atoms.